The van der Waals surface area contributed by atoms with E-state index >= 15 is 0 Å². The number of guanidine groups is 1. The van der Waals surface area contributed by atoms with Crippen LogP contribution >= 0.6 is 0 Å². The number of nitrogens with one attached hydrogen (secondary N) is 2. The minimum absolute atomic E-state index is 0.282. The summed E-state index contributed by atoms with van der Waals surface area (Å²) in [4.78, 5) is 4.42. The molecule has 1 heterocycles. The highest BCUT2D eigenvalue weighted by molar-refractivity contribution is 5.80. The standard InChI is InChI=1S/C16H29N3O2/c1-4-6-7-9-13(3)19-16(17-5-2)18-12-14(20)15-10-8-11-21-15/h8,10-11,13-14,20H,4-7,9,12H2,1-3H3,(H2,17,18,19). The third-order valence-corrected chi connectivity index (χ3v) is 3.26. The second kappa shape index (κ2) is 10.3. The summed E-state index contributed by atoms with van der Waals surface area (Å²) in [7, 11) is 0. The molecular weight excluding hydrogens is 266 g/mol. The van der Waals surface area contributed by atoms with E-state index < -0.39 is 6.10 Å². The number of hydrogen-bond acceptors (Lipinski definition) is 3. The van der Waals surface area contributed by atoms with Crippen molar-refractivity contribution in [1.29, 1.82) is 0 Å². The molecule has 1 rings (SSSR count). The Bertz CT molecular complexity index is 390. The first kappa shape index (κ1) is 17.6. The number of unbranched alkanes of at least 4 members (excludes halogenated alkanes) is 2. The summed E-state index contributed by atoms with van der Waals surface area (Å²) >= 11 is 0. The number of aliphatic hydroxyl groups is 1. The van der Waals surface area contributed by atoms with Crippen LogP contribution in [0.25, 0.3) is 0 Å². The zero-order valence-corrected chi connectivity index (χ0v) is 13.4. The topological polar surface area (TPSA) is 69.8 Å². The van der Waals surface area contributed by atoms with Gasteiger partial charge in [0, 0.05) is 12.6 Å². The van der Waals surface area contributed by atoms with Crippen LogP contribution in [-0.4, -0.2) is 30.2 Å². The van der Waals surface area contributed by atoms with Gasteiger partial charge in [0.25, 0.3) is 0 Å². The van der Waals surface area contributed by atoms with Crippen LogP contribution in [-0.2, 0) is 0 Å². The Hall–Kier alpha value is -1.49. The average molecular weight is 295 g/mol. The Morgan fingerprint density at radius 3 is 2.81 bits per heavy atom. The van der Waals surface area contributed by atoms with Crippen LogP contribution in [0.1, 0.15) is 58.3 Å². The zero-order valence-electron chi connectivity index (χ0n) is 13.4. The zero-order chi connectivity index (χ0) is 15.5. The lowest BCUT2D eigenvalue weighted by atomic mass is 10.1. The van der Waals surface area contributed by atoms with Gasteiger partial charge < -0.3 is 20.2 Å². The molecule has 1 aromatic heterocycles. The summed E-state index contributed by atoms with van der Waals surface area (Å²) in [5.74, 6) is 1.29. The number of nitrogens with zero attached hydrogens (tertiary/aromatic N) is 1. The first-order chi connectivity index (χ1) is 10.2. The molecule has 0 aliphatic heterocycles. The molecule has 0 radical (unpaired) electrons. The minimum Gasteiger partial charge on any atom is -0.467 e. The van der Waals surface area contributed by atoms with Crippen LogP contribution in [0.5, 0.6) is 0 Å². The fourth-order valence-electron chi connectivity index (χ4n) is 2.07. The van der Waals surface area contributed by atoms with Crippen LogP contribution in [0.15, 0.2) is 27.8 Å². The molecule has 21 heavy (non-hydrogen) atoms. The predicted molar refractivity (Wildman–Crippen MR) is 86.4 cm³/mol. The van der Waals surface area contributed by atoms with E-state index in [9.17, 15) is 5.11 Å². The van der Waals surface area contributed by atoms with Gasteiger partial charge in [-0.05, 0) is 32.4 Å². The molecule has 5 heteroatoms. The van der Waals surface area contributed by atoms with Crippen molar-refractivity contribution in [3.05, 3.63) is 24.2 Å². The number of aliphatic imine (C=N–C) groups is 1. The highest BCUT2D eigenvalue weighted by Gasteiger charge is 2.11. The summed E-state index contributed by atoms with van der Waals surface area (Å²) in [6.07, 6.45) is 5.69. The lowest BCUT2D eigenvalue weighted by Crippen LogP contribution is -2.42. The Balaban J connectivity index is 2.45. The van der Waals surface area contributed by atoms with Gasteiger partial charge in [-0.1, -0.05) is 26.2 Å². The van der Waals surface area contributed by atoms with Gasteiger partial charge in [0.05, 0.1) is 12.8 Å². The molecule has 0 aliphatic rings. The summed E-state index contributed by atoms with van der Waals surface area (Å²) in [6.45, 7) is 7.47. The van der Waals surface area contributed by atoms with Crippen molar-refractivity contribution in [1.82, 2.24) is 10.6 Å². The van der Waals surface area contributed by atoms with E-state index in [0.717, 1.165) is 18.9 Å². The number of furan rings is 1. The highest BCUT2D eigenvalue weighted by atomic mass is 16.4. The van der Waals surface area contributed by atoms with Gasteiger partial charge in [-0.2, -0.15) is 0 Å². The molecule has 0 spiro atoms. The van der Waals surface area contributed by atoms with Gasteiger partial charge in [0.15, 0.2) is 5.96 Å². The molecule has 0 aromatic carbocycles. The maximum Gasteiger partial charge on any atom is 0.191 e. The normalized spacial score (nSPS) is 14.8. The predicted octanol–water partition coefficient (Wildman–Crippen LogP) is 2.84. The number of aliphatic hydroxyl groups excluding tert-OH is 1. The van der Waals surface area contributed by atoms with Crippen molar-refractivity contribution in [2.24, 2.45) is 4.99 Å². The van der Waals surface area contributed by atoms with E-state index in [1.807, 2.05) is 6.92 Å². The lowest BCUT2D eigenvalue weighted by molar-refractivity contribution is 0.158. The highest BCUT2D eigenvalue weighted by Crippen LogP contribution is 2.12. The van der Waals surface area contributed by atoms with Gasteiger partial charge >= 0.3 is 0 Å². The molecule has 120 valence electrons. The second-order valence-corrected chi connectivity index (χ2v) is 5.29. The molecule has 2 unspecified atom stereocenters. The van der Waals surface area contributed by atoms with Crippen molar-refractivity contribution >= 4 is 5.96 Å². The molecular formula is C16H29N3O2. The first-order valence-electron chi connectivity index (χ1n) is 7.93. The number of hydrogen-bond donors (Lipinski definition) is 3. The maximum atomic E-state index is 9.98. The van der Waals surface area contributed by atoms with E-state index in [0.29, 0.717) is 11.8 Å². The van der Waals surface area contributed by atoms with Crippen LogP contribution in [0.3, 0.4) is 0 Å². The summed E-state index contributed by atoms with van der Waals surface area (Å²) < 4.78 is 5.17. The fraction of sp³-hybridized carbons (Fsp3) is 0.688. The smallest absolute Gasteiger partial charge is 0.191 e. The van der Waals surface area contributed by atoms with Gasteiger partial charge in [-0.25, -0.2) is 0 Å². The van der Waals surface area contributed by atoms with Crippen molar-refractivity contribution in [3.8, 4) is 0 Å². The van der Waals surface area contributed by atoms with Gasteiger partial charge in [0.2, 0.25) is 0 Å². The third-order valence-electron chi connectivity index (χ3n) is 3.26. The largest absolute Gasteiger partial charge is 0.467 e. The summed E-state index contributed by atoms with van der Waals surface area (Å²) in [5, 5.41) is 16.6. The molecule has 1 aromatic rings. The van der Waals surface area contributed by atoms with E-state index in [1.54, 1.807) is 18.4 Å². The van der Waals surface area contributed by atoms with Crippen LogP contribution in [0.4, 0.5) is 0 Å². The molecule has 2 atom stereocenters. The third kappa shape index (κ3) is 7.18. The Kier molecular flexibility index (Phi) is 8.59. The Morgan fingerprint density at radius 1 is 1.38 bits per heavy atom. The molecule has 3 N–H and O–H groups in total. The van der Waals surface area contributed by atoms with Crippen LogP contribution < -0.4 is 10.6 Å². The summed E-state index contributed by atoms with van der Waals surface area (Å²) in [6, 6.07) is 3.89. The van der Waals surface area contributed by atoms with E-state index in [2.05, 4.69) is 29.5 Å². The van der Waals surface area contributed by atoms with Crippen molar-refractivity contribution in [2.45, 2.75) is 58.6 Å². The molecule has 0 amide bonds. The minimum atomic E-state index is -0.703. The number of rotatable bonds is 9. The molecule has 0 saturated carbocycles. The van der Waals surface area contributed by atoms with Gasteiger partial charge in [-0.15, -0.1) is 0 Å². The Labute approximate surface area is 127 Å². The molecule has 0 bridgehead atoms. The average Bonchev–Trinajstić information content (AvgIpc) is 2.99. The first-order valence-corrected chi connectivity index (χ1v) is 7.93. The van der Waals surface area contributed by atoms with Crippen molar-refractivity contribution in [3.63, 3.8) is 0 Å². The van der Waals surface area contributed by atoms with E-state index in [1.165, 1.54) is 19.3 Å². The monoisotopic (exact) mass is 295 g/mol. The maximum absolute atomic E-state index is 9.98. The Morgan fingerprint density at radius 2 is 2.19 bits per heavy atom. The van der Waals surface area contributed by atoms with Gasteiger partial charge in [-0.3, -0.25) is 4.99 Å². The molecule has 5 nitrogen and oxygen atoms in total. The quantitative estimate of drug-likeness (QED) is 0.372. The lowest BCUT2D eigenvalue weighted by Gasteiger charge is -2.18. The summed E-state index contributed by atoms with van der Waals surface area (Å²) in [5.41, 5.74) is 0. The van der Waals surface area contributed by atoms with Crippen LogP contribution in [0.2, 0.25) is 0 Å². The van der Waals surface area contributed by atoms with E-state index in [4.69, 9.17) is 4.42 Å². The van der Waals surface area contributed by atoms with Crippen molar-refractivity contribution < 1.29 is 9.52 Å². The fourth-order valence-corrected chi connectivity index (χ4v) is 2.07. The van der Waals surface area contributed by atoms with Crippen LogP contribution in [0, 0.1) is 0 Å². The van der Waals surface area contributed by atoms with Gasteiger partial charge in [0.1, 0.15) is 11.9 Å². The SMILES string of the molecule is CCCCCC(C)NC(=NCC(O)c1ccco1)NCC. The molecule has 0 fully saturated rings. The van der Waals surface area contributed by atoms with Crippen molar-refractivity contribution in [2.75, 3.05) is 13.1 Å². The molecule has 0 aliphatic carbocycles. The van der Waals surface area contributed by atoms with E-state index in [-0.39, 0.29) is 6.54 Å². The second-order valence-electron chi connectivity index (χ2n) is 5.29. The molecule has 0 saturated heterocycles.